The van der Waals surface area contributed by atoms with Crippen LogP contribution in [0.4, 0.5) is 0 Å². The molecule has 0 amide bonds. The summed E-state index contributed by atoms with van der Waals surface area (Å²) in [6.07, 6.45) is 18.0. The van der Waals surface area contributed by atoms with E-state index in [1.54, 1.807) is 0 Å². The maximum absolute atomic E-state index is 12.4. The lowest BCUT2D eigenvalue weighted by molar-refractivity contribution is 0.0319. The van der Waals surface area contributed by atoms with Crippen molar-refractivity contribution < 1.29 is 9.53 Å². The van der Waals surface area contributed by atoms with Crippen molar-refractivity contribution in [2.24, 2.45) is 0 Å². The fraction of sp³-hybridized carbons (Fsp3) is 0.593. The molecule has 0 bridgehead atoms. The zero-order valence-electron chi connectivity index (χ0n) is 19.7. The molecule has 31 heavy (non-hydrogen) atoms. The molecular weight excluding hydrogens is 384 g/mol. The molecule has 0 saturated carbocycles. The highest BCUT2D eigenvalue weighted by molar-refractivity contribution is 5.90. The van der Waals surface area contributed by atoms with E-state index >= 15 is 0 Å². The van der Waals surface area contributed by atoms with Crippen LogP contribution in [0.25, 0.3) is 11.3 Å². The van der Waals surface area contributed by atoms with E-state index in [4.69, 9.17) is 4.74 Å². The fourth-order valence-corrected chi connectivity index (χ4v) is 3.66. The van der Waals surface area contributed by atoms with Gasteiger partial charge in [-0.15, -0.1) is 0 Å². The summed E-state index contributed by atoms with van der Waals surface area (Å²) in [7, 11) is 0. The summed E-state index contributed by atoms with van der Waals surface area (Å²) < 4.78 is 5.58. The van der Waals surface area contributed by atoms with Gasteiger partial charge in [0.2, 0.25) is 0 Å². The summed E-state index contributed by atoms with van der Waals surface area (Å²) >= 11 is 0. The van der Waals surface area contributed by atoms with Crippen LogP contribution in [-0.4, -0.2) is 22.0 Å². The van der Waals surface area contributed by atoms with Crippen LogP contribution in [0, 0.1) is 0 Å². The van der Waals surface area contributed by atoms with Crippen LogP contribution >= 0.6 is 0 Å². The summed E-state index contributed by atoms with van der Waals surface area (Å²) in [6.45, 7) is 6.41. The van der Waals surface area contributed by atoms with Crippen LogP contribution in [0.5, 0.6) is 0 Å². The predicted molar refractivity (Wildman–Crippen MR) is 128 cm³/mol. The zero-order valence-corrected chi connectivity index (χ0v) is 19.7. The largest absolute Gasteiger partial charge is 0.459 e. The molecule has 1 heterocycles. The van der Waals surface area contributed by atoms with E-state index in [-0.39, 0.29) is 12.1 Å². The van der Waals surface area contributed by atoms with Crippen molar-refractivity contribution in [2.45, 2.75) is 104 Å². The molecule has 2 aromatic rings. The average Bonchev–Trinajstić information content (AvgIpc) is 2.79. The fourth-order valence-electron chi connectivity index (χ4n) is 3.66. The van der Waals surface area contributed by atoms with E-state index < -0.39 is 0 Å². The number of rotatable bonds is 15. The molecular formula is C27H40N2O2. The van der Waals surface area contributed by atoms with E-state index in [2.05, 4.69) is 23.8 Å². The third kappa shape index (κ3) is 9.63. The minimum absolute atomic E-state index is 0.0471. The number of benzene rings is 1. The molecule has 0 saturated heterocycles. The van der Waals surface area contributed by atoms with Crippen molar-refractivity contribution >= 4 is 5.97 Å². The van der Waals surface area contributed by atoms with Crippen LogP contribution < -0.4 is 0 Å². The van der Waals surface area contributed by atoms with Gasteiger partial charge >= 0.3 is 5.97 Å². The first-order valence-electron chi connectivity index (χ1n) is 12.3. The highest BCUT2D eigenvalue weighted by Crippen LogP contribution is 2.19. The number of unbranched alkanes of at least 4 members (excludes halogenated alkanes) is 8. The average molecular weight is 425 g/mol. The van der Waals surface area contributed by atoms with E-state index in [1.807, 2.05) is 43.6 Å². The highest BCUT2D eigenvalue weighted by atomic mass is 16.5. The molecule has 0 unspecified atom stereocenters. The maximum Gasteiger partial charge on any atom is 0.338 e. The molecule has 4 nitrogen and oxygen atoms in total. The van der Waals surface area contributed by atoms with Gasteiger partial charge in [-0.05, 0) is 44.7 Å². The van der Waals surface area contributed by atoms with Gasteiger partial charge < -0.3 is 4.74 Å². The molecule has 4 heteroatoms. The molecule has 1 atom stereocenters. The molecule has 0 radical (unpaired) electrons. The van der Waals surface area contributed by atoms with Gasteiger partial charge in [0.25, 0.3) is 0 Å². The second-order valence-electron chi connectivity index (χ2n) is 8.55. The van der Waals surface area contributed by atoms with Crippen molar-refractivity contribution in [1.82, 2.24) is 9.97 Å². The van der Waals surface area contributed by atoms with Crippen LogP contribution in [0.1, 0.15) is 107 Å². The quantitative estimate of drug-likeness (QED) is 0.219. The summed E-state index contributed by atoms with van der Waals surface area (Å²) in [5.74, 6) is -0.255. The minimum atomic E-state index is -0.255. The maximum atomic E-state index is 12.4. The van der Waals surface area contributed by atoms with Crippen molar-refractivity contribution in [3.63, 3.8) is 0 Å². The summed E-state index contributed by atoms with van der Waals surface area (Å²) in [4.78, 5) is 21.5. The Balaban J connectivity index is 1.79. The standard InChI is InChI=1S/C27H40N2O2/c1-4-6-8-10-11-13-15-25-20-29-26(21-28-25)23-16-18-24(19-17-23)27(30)31-22(3)14-12-9-7-5-2/h16-22H,4-15H2,1-3H3/t22-/m1/s1. The lowest BCUT2D eigenvalue weighted by Gasteiger charge is -2.13. The first-order chi connectivity index (χ1) is 15.1. The second kappa shape index (κ2) is 14.7. The third-order valence-corrected chi connectivity index (χ3v) is 5.68. The Kier molecular flexibility index (Phi) is 11.9. The topological polar surface area (TPSA) is 52.1 Å². The lowest BCUT2D eigenvalue weighted by Crippen LogP contribution is -2.15. The van der Waals surface area contributed by atoms with Crippen molar-refractivity contribution in [1.29, 1.82) is 0 Å². The molecule has 1 aromatic heterocycles. The van der Waals surface area contributed by atoms with Crippen LogP contribution in [0.3, 0.4) is 0 Å². The Hall–Kier alpha value is -2.23. The third-order valence-electron chi connectivity index (χ3n) is 5.68. The number of carbonyl (C=O) groups excluding carboxylic acids is 1. The van der Waals surface area contributed by atoms with Gasteiger partial charge in [-0.1, -0.05) is 77.3 Å². The van der Waals surface area contributed by atoms with E-state index in [0.29, 0.717) is 5.56 Å². The number of carbonyl (C=O) groups is 1. The number of hydrogen-bond donors (Lipinski definition) is 0. The van der Waals surface area contributed by atoms with E-state index in [0.717, 1.165) is 36.2 Å². The normalized spacial score (nSPS) is 12.0. The number of nitrogens with zero attached hydrogens (tertiary/aromatic N) is 2. The van der Waals surface area contributed by atoms with Gasteiger partial charge in [0.05, 0.1) is 29.3 Å². The Morgan fingerprint density at radius 2 is 1.48 bits per heavy atom. The summed E-state index contributed by atoms with van der Waals surface area (Å²) in [6, 6.07) is 7.46. The Morgan fingerprint density at radius 1 is 0.839 bits per heavy atom. The van der Waals surface area contributed by atoms with Crippen LogP contribution in [-0.2, 0) is 11.2 Å². The summed E-state index contributed by atoms with van der Waals surface area (Å²) in [5, 5.41) is 0. The van der Waals surface area contributed by atoms with Gasteiger partial charge in [0.1, 0.15) is 0 Å². The number of hydrogen-bond acceptors (Lipinski definition) is 4. The minimum Gasteiger partial charge on any atom is -0.459 e. The predicted octanol–water partition coefficient (Wildman–Crippen LogP) is 7.56. The number of esters is 1. The highest BCUT2D eigenvalue weighted by Gasteiger charge is 2.12. The first kappa shape index (κ1) is 25.0. The van der Waals surface area contributed by atoms with E-state index in [1.165, 1.54) is 57.8 Å². The van der Waals surface area contributed by atoms with Gasteiger partial charge in [-0.25, -0.2) is 4.79 Å². The van der Waals surface area contributed by atoms with Crippen molar-refractivity contribution in [2.75, 3.05) is 0 Å². The number of aromatic nitrogens is 2. The molecule has 0 aliphatic rings. The van der Waals surface area contributed by atoms with Gasteiger partial charge in [0.15, 0.2) is 0 Å². The molecule has 1 aromatic carbocycles. The lowest BCUT2D eigenvalue weighted by atomic mass is 10.1. The smallest absolute Gasteiger partial charge is 0.338 e. The number of ether oxygens (including phenoxy) is 1. The molecule has 0 fully saturated rings. The molecule has 2 rings (SSSR count). The zero-order chi connectivity index (χ0) is 22.3. The van der Waals surface area contributed by atoms with Crippen LogP contribution in [0.2, 0.25) is 0 Å². The van der Waals surface area contributed by atoms with Crippen molar-refractivity contribution in [3.8, 4) is 11.3 Å². The molecule has 0 spiro atoms. The number of aryl methyl sites for hydroxylation is 1. The first-order valence-corrected chi connectivity index (χ1v) is 12.3. The van der Waals surface area contributed by atoms with Gasteiger partial charge in [-0.3, -0.25) is 9.97 Å². The second-order valence-corrected chi connectivity index (χ2v) is 8.55. The summed E-state index contributed by atoms with van der Waals surface area (Å²) in [5.41, 5.74) is 3.42. The van der Waals surface area contributed by atoms with Crippen LogP contribution in [0.15, 0.2) is 36.7 Å². The Labute approximate surface area is 188 Å². The Bertz CT molecular complexity index is 741. The van der Waals surface area contributed by atoms with E-state index in [9.17, 15) is 4.79 Å². The van der Waals surface area contributed by atoms with Gasteiger partial charge in [0, 0.05) is 11.8 Å². The van der Waals surface area contributed by atoms with Gasteiger partial charge in [-0.2, -0.15) is 0 Å². The molecule has 0 aliphatic heterocycles. The molecule has 170 valence electrons. The molecule has 0 aliphatic carbocycles. The SMILES string of the molecule is CCCCCCCCc1cnc(-c2ccc(C(=O)O[C@H](C)CCCCCC)cc2)cn1. The molecule has 0 N–H and O–H groups in total. The van der Waals surface area contributed by atoms with Crippen molar-refractivity contribution in [3.05, 3.63) is 47.9 Å². The Morgan fingerprint density at radius 3 is 2.13 bits per heavy atom. The monoisotopic (exact) mass is 424 g/mol.